The van der Waals surface area contributed by atoms with E-state index in [1.54, 1.807) is 18.9 Å². The number of aliphatic carboxylic acids is 1. The Morgan fingerprint density at radius 1 is 1.21 bits per heavy atom. The Labute approximate surface area is 118 Å². The molecule has 0 radical (unpaired) electrons. The molecule has 0 heterocycles. The second kappa shape index (κ2) is 9.83. The number of carboxylic acids is 1. The summed E-state index contributed by atoms with van der Waals surface area (Å²) < 4.78 is 10.3. The highest BCUT2D eigenvalue weighted by atomic mass is 32.2. The zero-order valence-corrected chi connectivity index (χ0v) is 11.9. The van der Waals surface area contributed by atoms with Crippen molar-refractivity contribution in [1.29, 1.82) is 0 Å². The second-order valence-electron chi connectivity index (χ2n) is 4.02. The van der Waals surface area contributed by atoms with Crippen molar-refractivity contribution in [3.8, 4) is 0 Å². The molecule has 1 aromatic carbocycles. The Hall–Kier alpha value is -1.04. The van der Waals surface area contributed by atoms with Crippen molar-refractivity contribution in [1.82, 2.24) is 0 Å². The highest BCUT2D eigenvalue weighted by molar-refractivity contribution is 7.99. The molecule has 1 rings (SSSR count). The van der Waals surface area contributed by atoms with E-state index in [0.717, 1.165) is 29.2 Å². The Bertz CT molecular complexity index is 364. The molecule has 0 aliphatic heterocycles. The van der Waals surface area contributed by atoms with Gasteiger partial charge in [0.15, 0.2) is 0 Å². The number of carboxylic acid groups (broad SMARTS) is 1. The van der Waals surface area contributed by atoms with Gasteiger partial charge in [-0.15, -0.1) is 11.8 Å². The lowest BCUT2D eigenvalue weighted by Crippen LogP contribution is -2.03. The zero-order valence-electron chi connectivity index (χ0n) is 11.1. The van der Waals surface area contributed by atoms with Crippen LogP contribution in [0.25, 0.3) is 0 Å². The Kier molecular flexibility index (Phi) is 8.29. The van der Waals surface area contributed by atoms with E-state index in [0.29, 0.717) is 13.2 Å². The van der Waals surface area contributed by atoms with Crippen molar-refractivity contribution < 1.29 is 19.4 Å². The summed E-state index contributed by atoms with van der Waals surface area (Å²) in [5.41, 5.74) is 0.833. The summed E-state index contributed by atoms with van der Waals surface area (Å²) in [6.45, 7) is 2.02. The van der Waals surface area contributed by atoms with Gasteiger partial charge < -0.3 is 14.6 Å². The summed E-state index contributed by atoms with van der Waals surface area (Å²) in [5.74, 6) is 0.194. The van der Waals surface area contributed by atoms with Gasteiger partial charge in [-0.2, -0.15) is 0 Å². The van der Waals surface area contributed by atoms with Gasteiger partial charge in [-0.25, -0.2) is 0 Å². The molecule has 19 heavy (non-hydrogen) atoms. The van der Waals surface area contributed by atoms with Crippen molar-refractivity contribution in [3.63, 3.8) is 0 Å². The van der Waals surface area contributed by atoms with Gasteiger partial charge in [-0.1, -0.05) is 12.1 Å². The molecular weight excluding hydrogens is 264 g/mol. The van der Waals surface area contributed by atoms with E-state index >= 15 is 0 Å². The molecular formula is C14H20O4S. The van der Waals surface area contributed by atoms with Crippen LogP contribution in [0.2, 0.25) is 0 Å². The lowest BCUT2D eigenvalue weighted by molar-refractivity contribution is -0.136. The fraction of sp³-hybridized carbons (Fsp3) is 0.500. The maximum Gasteiger partial charge on any atom is 0.307 e. The third kappa shape index (κ3) is 7.87. The summed E-state index contributed by atoms with van der Waals surface area (Å²) in [7, 11) is 1.66. The van der Waals surface area contributed by atoms with Gasteiger partial charge in [0, 0.05) is 24.4 Å². The van der Waals surface area contributed by atoms with E-state index in [1.165, 1.54) is 0 Å². The quantitative estimate of drug-likeness (QED) is 0.528. The van der Waals surface area contributed by atoms with Gasteiger partial charge in [0.2, 0.25) is 0 Å². The smallest absolute Gasteiger partial charge is 0.307 e. The molecule has 1 N–H and O–H groups in total. The molecule has 0 aliphatic carbocycles. The topological polar surface area (TPSA) is 55.8 Å². The van der Waals surface area contributed by atoms with E-state index in [9.17, 15) is 4.79 Å². The predicted octanol–water partition coefficient (Wildman–Crippen LogP) is 2.46. The first kappa shape index (κ1) is 16.0. The van der Waals surface area contributed by atoms with E-state index in [4.69, 9.17) is 14.6 Å². The normalized spacial score (nSPS) is 10.6. The van der Waals surface area contributed by atoms with Gasteiger partial charge in [0.1, 0.15) is 0 Å². The minimum Gasteiger partial charge on any atom is -0.481 e. The molecule has 106 valence electrons. The summed E-state index contributed by atoms with van der Waals surface area (Å²) in [4.78, 5) is 11.7. The van der Waals surface area contributed by atoms with Crippen molar-refractivity contribution in [3.05, 3.63) is 29.8 Å². The van der Waals surface area contributed by atoms with Crippen LogP contribution < -0.4 is 0 Å². The highest BCUT2D eigenvalue weighted by Crippen LogP contribution is 2.19. The highest BCUT2D eigenvalue weighted by Gasteiger charge is 2.00. The van der Waals surface area contributed by atoms with Crippen LogP contribution >= 0.6 is 11.8 Å². The summed E-state index contributed by atoms with van der Waals surface area (Å²) in [6, 6.07) is 7.67. The number of hydrogen-bond donors (Lipinski definition) is 1. The average Bonchev–Trinajstić information content (AvgIpc) is 2.39. The molecule has 0 saturated heterocycles. The van der Waals surface area contributed by atoms with Gasteiger partial charge in [-0.05, 0) is 24.1 Å². The maximum absolute atomic E-state index is 10.5. The van der Waals surface area contributed by atoms with Crippen LogP contribution in [0.1, 0.15) is 12.0 Å². The molecule has 0 saturated carbocycles. The van der Waals surface area contributed by atoms with Crippen LogP contribution in [0.4, 0.5) is 0 Å². The van der Waals surface area contributed by atoms with Crippen LogP contribution in [0.5, 0.6) is 0 Å². The molecule has 4 nitrogen and oxygen atoms in total. The summed E-state index contributed by atoms with van der Waals surface area (Å²) >= 11 is 1.75. The van der Waals surface area contributed by atoms with Crippen LogP contribution in [0.3, 0.4) is 0 Å². The van der Waals surface area contributed by atoms with Crippen molar-refractivity contribution >= 4 is 17.7 Å². The SMILES string of the molecule is COCCOCCCSc1ccc(CC(=O)O)cc1. The van der Waals surface area contributed by atoms with Crippen molar-refractivity contribution in [2.24, 2.45) is 0 Å². The third-order valence-corrected chi connectivity index (χ3v) is 3.51. The number of hydrogen-bond acceptors (Lipinski definition) is 4. The number of rotatable bonds is 10. The predicted molar refractivity (Wildman–Crippen MR) is 75.8 cm³/mol. The number of thioether (sulfide) groups is 1. The summed E-state index contributed by atoms with van der Waals surface area (Å²) in [6.07, 6.45) is 1.07. The molecule has 0 amide bonds. The Balaban J connectivity index is 2.14. The van der Waals surface area contributed by atoms with Gasteiger partial charge in [0.25, 0.3) is 0 Å². The molecule has 0 bridgehead atoms. The summed E-state index contributed by atoms with van der Waals surface area (Å²) in [5, 5.41) is 8.67. The molecule has 5 heteroatoms. The van der Waals surface area contributed by atoms with Crippen LogP contribution in [-0.2, 0) is 20.7 Å². The van der Waals surface area contributed by atoms with Crippen LogP contribution in [-0.4, -0.2) is 43.8 Å². The Morgan fingerprint density at radius 3 is 2.58 bits per heavy atom. The minimum atomic E-state index is -0.798. The number of methoxy groups -OCH3 is 1. The molecule has 0 fully saturated rings. The van der Waals surface area contributed by atoms with Gasteiger partial charge in [-0.3, -0.25) is 4.79 Å². The van der Waals surface area contributed by atoms with Gasteiger partial charge in [0.05, 0.1) is 19.6 Å². The largest absolute Gasteiger partial charge is 0.481 e. The molecule has 0 aromatic heterocycles. The van der Waals surface area contributed by atoms with Crippen LogP contribution in [0, 0.1) is 0 Å². The van der Waals surface area contributed by atoms with Crippen molar-refractivity contribution in [2.45, 2.75) is 17.7 Å². The standard InChI is InChI=1S/C14H20O4S/c1-17-8-9-18-7-2-10-19-13-5-3-12(4-6-13)11-14(15)16/h3-6H,2,7-11H2,1H3,(H,15,16). The van der Waals surface area contributed by atoms with E-state index < -0.39 is 5.97 Å². The number of ether oxygens (including phenoxy) is 2. The van der Waals surface area contributed by atoms with E-state index in [-0.39, 0.29) is 6.42 Å². The minimum absolute atomic E-state index is 0.0816. The second-order valence-corrected chi connectivity index (χ2v) is 5.19. The van der Waals surface area contributed by atoms with Crippen LogP contribution in [0.15, 0.2) is 29.2 Å². The number of carbonyl (C=O) groups is 1. The first-order valence-electron chi connectivity index (χ1n) is 6.22. The molecule has 0 aliphatic rings. The molecule has 1 aromatic rings. The Morgan fingerprint density at radius 2 is 1.95 bits per heavy atom. The van der Waals surface area contributed by atoms with Crippen molar-refractivity contribution in [2.75, 3.05) is 32.7 Å². The first-order chi connectivity index (χ1) is 9.22. The fourth-order valence-corrected chi connectivity index (χ4v) is 2.30. The maximum atomic E-state index is 10.5. The fourth-order valence-electron chi connectivity index (χ4n) is 1.47. The van der Waals surface area contributed by atoms with E-state index in [1.807, 2.05) is 24.3 Å². The third-order valence-electron chi connectivity index (χ3n) is 2.41. The molecule has 0 atom stereocenters. The monoisotopic (exact) mass is 284 g/mol. The molecule has 0 unspecified atom stereocenters. The molecule has 0 spiro atoms. The van der Waals surface area contributed by atoms with E-state index in [2.05, 4.69) is 0 Å². The van der Waals surface area contributed by atoms with Gasteiger partial charge >= 0.3 is 5.97 Å². The lowest BCUT2D eigenvalue weighted by atomic mass is 10.2. The first-order valence-corrected chi connectivity index (χ1v) is 7.21. The number of benzene rings is 1. The average molecular weight is 284 g/mol. The lowest BCUT2D eigenvalue weighted by Gasteiger charge is -2.04. The zero-order chi connectivity index (χ0) is 13.9.